The summed E-state index contributed by atoms with van der Waals surface area (Å²) in [6.07, 6.45) is 7.33. The number of carbonyl (C=O) groups excluding carboxylic acids is 2. The molecule has 0 spiro atoms. The van der Waals surface area contributed by atoms with Gasteiger partial charge in [0, 0.05) is 55.3 Å². The van der Waals surface area contributed by atoms with Crippen molar-refractivity contribution in [3.05, 3.63) is 69.1 Å². The Labute approximate surface area is 256 Å². The van der Waals surface area contributed by atoms with Crippen LogP contribution >= 0.6 is 0 Å². The molecule has 2 aromatic carbocycles. The molecule has 2 aromatic rings. The summed E-state index contributed by atoms with van der Waals surface area (Å²) in [6.45, 7) is 8.50. The molecule has 8 nitrogen and oxygen atoms in total. The molecule has 6 rings (SSSR count). The predicted molar refractivity (Wildman–Crippen MR) is 170 cm³/mol. The number of hydrogen-bond acceptors (Lipinski definition) is 4. The van der Waals surface area contributed by atoms with Crippen molar-refractivity contribution in [1.29, 1.82) is 0 Å². The summed E-state index contributed by atoms with van der Waals surface area (Å²) >= 11 is 0. The van der Waals surface area contributed by atoms with Crippen LogP contribution in [0, 0.1) is 49.9 Å². The van der Waals surface area contributed by atoms with E-state index in [2.05, 4.69) is 22.8 Å². The van der Waals surface area contributed by atoms with Gasteiger partial charge in [-0.2, -0.15) is 0 Å². The molecule has 43 heavy (non-hydrogen) atoms. The second kappa shape index (κ2) is 11.6. The topological polar surface area (TPSA) is 104 Å². The largest absolute Gasteiger partial charge is 0.632 e. The van der Waals surface area contributed by atoms with Gasteiger partial charge in [0.1, 0.15) is 0 Å². The number of likely N-dealkylation sites (tertiary alicyclic amines) is 2. The lowest BCUT2D eigenvalue weighted by Crippen LogP contribution is -2.60. The lowest BCUT2D eigenvalue weighted by molar-refractivity contribution is -0.926. The Balaban J connectivity index is 1.18. The highest BCUT2D eigenvalue weighted by Gasteiger charge is 2.56. The monoisotopic (exact) mass is 588 g/mol. The maximum absolute atomic E-state index is 14.7. The number of hydrogen-bond donors (Lipinski definition) is 2. The molecule has 8 atom stereocenters. The molecule has 2 saturated carbocycles. The van der Waals surface area contributed by atoms with Gasteiger partial charge in [-0.1, -0.05) is 12.1 Å². The summed E-state index contributed by atoms with van der Waals surface area (Å²) < 4.78 is -1.07. The summed E-state index contributed by atoms with van der Waals surface area (Å²) in [6, 6.07) is 10.4. The third kappa shape index (κ3) is 5.75. The first kappa shape index (κ1) is 30.3. The van der Waals surface area contributed by atoms with E-state index >= 15 is 0 Å². The maximum Gasteiger partial charge on any atom is 0.283 e. The number of amides is 2. The van der Waals surface area contributed by atoms with Crippen LogP contribution in [-0.2, 0) is 9.59 Å². The van der Waals surface area contributed by atoms with Crippen molar-refractivity contribution in [3.8, 4) is 0 Å². The Kier molecular flexibility index (Phi) is 8.18. The highest BCUT2D eigenvalue weighted by molar-refractivity contribution is 5.95. The highest BCUT2D eigenvalue weighted by Crippen LogP contribution is 2.49. The molecule has 2 aliphatic carbocycles. The van der Waals surface area contributed by atoms with E-state index in [1.165, 1.54) is 0 Å². The quantitative estimate of drug-likeness (QED) is 0.275. The van der Waals surface area contributed by atoms with Crippen molar-refractivity contribution in [2.24, 2.45) is 11.8 Å². The zero-order valence-electron chi connectivity index (χ0n) is 26.2. The molecular weight excluding hydrogens is 540 g/mol. The Morgan fingerprint density at radius 2 is 1.02 bits per heavy atom. The third-order valence-corrected chi connectivity index (χ3v) is 11.1. The summed E-state index contributed by atoms with van der Waals surface area (Å²) in [7, 11) is 0. The smallest absolute Gasteiger partial charge is 0.283 e. The molecule has 4 unspecified atom stereocenters. The average Bonchev–Trinajstić information content (AvgIpc) is 3.67. The van der Waals surface area contributed by atoms with E-state index in [0.29, 0.717) is 19.3 Å². The maximum atomic E-state index is 14.7. The van der Waals surface area contributed by atoms with Crippen molar-refractivity contribution in [1.82, 2.24) is 0 Å². The fraction of sp³-hybridized carbons (Fsp3) is 0.600. The standard InChI is InChI=1S/C35H48N4O4/c1-22-14-23(2)17-28(16-22)36-34(40)32-20-26-8-5-10-30(26)38(32,42)12-7-13-39(43)31-11-6-9-27(31)21-33(39)35(41)37-29-18-24(3)15-25(4)19-29/h14-19,26-27,30-33H,5-13,20-21H2,1-4H3,(H,36,40)(H,37,41)/t26?,27?,30?,31?,32-,33-,38-,39-/m0/s1. The van der Waals surface area contributed by atoms with Crippen LogP contribution in [-0.4, -0.2) is 58.4 Å². The van der Waals surface area contributed by atoms with Crippen LogP contribution in [0.5, 0.6) is 0 Å². The van der Waals surface area contributed by atoms with Gasteiger partial charge in [-0.25, -0.2) is 0 Å². The van der Waals surface area contributed by atoms with E-state index in [9.17, 15) is 20.0 Å². The van der Waals surface area contributed by atoms with Gasteiger partial charge >= 0.3 is 0 Å². The molecular formula is C35H48N4O4. The Morgan fingerprint density at radius 3 is 1.40 bits per heavy atom. The van der Waals surface area contributed by atoms with E-state index in [4.69, 9.17) is 0 Å². The van der Waals surface area contributed by atoms with E-state index in [1.54, 1.807) is 0 Å². The number of nitrogens with zero attached hydrogens (tertiary/aromatic N) is 2. The Morgan fingerprint density at radius 1 is 0.651 bits per heavy atom. The Hall–Kier alpha value is -2.78. The minimum atomic E-state index is -0.669. The molecule has 4 aliphatic rings. The lowest BCUT2D eigenvalue weighted by Gasteiger charge is -2.51. The van der Waals surface area contributed by atoms with Crippen molar-refractivity contribution in [2.45, 2.75) is 110 Å². The first-order chi connectivity index (χ1) is 20.5. The number of fused-ring (bicyclic) bond motifs is 2. The molecule has 4 fully saturated rings. The van der Waals surface area contributed by atoms with Crippen LogP contribution in [0.25, 0.3) is 0 Å². The molecule has 2 N–H and O–H groups in total. The molecule has 0 aromatic heterocycles. The van der Waals surface area contributed by atoms with Gasteiger partial charge in [0.2, 0.25) is 0 Å². The van der Waals surface area contributed by atoms with E-state index < -0.39 is 21.4 Å². The third-order valence-electron chi connectivity index (χ3n) is 11.1. The normalized spacial score (nSPS) is 34.7. The van der Waals surface area contributed by atoms with E-state index in [-0.39, 0.29) is 48.8 Å². The number of nitrogens with one attached hydrogen (secondary N) is 2. The molecule has 2 saturated heterocycles. The zero-order valence-corrected chi connectivity index (χ0v) is 26.2. The molecule has 2 aliphatic heterocycles. The van der Waals surface area contributed by atoms with Crippen molar-refractivity contribution in [3.63, 3.8) is 0 Å². The Bertz CT molecular complexity index is 1250. The number of quaternary nitrogens is 2. The highest BCUT2D eigenvalue weighted by atomic mass is 16.6. The first-order valence-corrected chi connectivity index (χ1v) is 16.4. The lowest BCUT2D eigenvalue weighted by atomic mass is 10.0. The summed E-state index contributed by atoms with van der Waals surface area (Å²) in [4.78, 5) is 27.3. The number of anilines is 2. The second-order valence-corrected chi connectivity index (χ2v) is 14.3. The van der Waals surface area contributed by atoms with Gasteiger partial charge in [0.15, 0.2) is 12.1 Å². The fourth-order valence-corrected chi connectivity index (χ4v) is 9.49. The van der Waals surface area contributed by atoms with Crippen molar-refractivity contribution in [2.75, 3.05) is 23.7 Å². The first-order valence-electron chi connectivity index (χ1n) is 16.4. The number of hydroxylamine groups is 6. The number of rotatable bonds is 8. The fourth-order valence-electron chi connectivity index (χ4n) is 9.49. The molecule has 8 heteroatoms. The number of benzene rings is 2. The van der Waals surface area contributed by atoms with Gasteiger partial charge in [0.25, 0.3) is 11.8 Å². The van der Waals surface area contributed by atoms with Crippen LogP contribution in [0.1, 0.15) is 80.0 Å². The summed E-state index contributed by atoms with van der Waals surface area (Å²) in [5.74, 6) is 0.0988. The van der Waals surface area contributed by atoms with Crippen molar-refractivity contribution >= 4 is 23.2 Å². The van der Waals surface area contributed by atoms with Gasteiger partial charge < -0.3 is 30.3 Å². The minimum Gasteiger partial charge on any atom is -0.632 e. The zero-order chi connectivity index (χ0) is 30.5. The minimum absolute atomic E-state index is 0.0865. The van der Waals surface area contributed by atoms with Crippen LogP contribution < -0.4 is 10.6 Å². The van der Waals surface area contributed by atoms with Crippen LogP contribution in [0.15, 0.2) is 36.4 Å². The van der Waals surface area contributed by atoms with Gasteiger partial charge in [-0.3, -0.25) is 9.59 Å². The van der Waals surface area contributed by atoms with Gasteiger partial charge in [-0.05, 0) is 99.9 Å². The van der Waals surface area contributed by atoms with Gasteiger partial charge in [0.05, 0.1) is 25.2 Å². The molecule has 232 valence electrons. The number of carbonyl (C=O) groups is 2. The average molecular weight is 589 g/mol. The van der Waals surface area contributed by atoms with E-state index in [0.717, 1.165) is 72.2 Å². The summed E-state index contributed by atoms with van der Waals surface area (Å²) in [5.41, 5.74) is 5.74. The molecule has 0 bridgehead atoms. The van der Waals surface area contributed by atoms with Crippen molar-refractivity contribution < 1.29 is 18.9 Å². The molecule has 2 amide bonds. The SMILES string of the molecule is Cc1cc(C)cc(NC(=O)[C@@H]2CC3CCCC3[N@@+]2([O-])CCC[N@+]2([O-])C3CCCC3C[C@H]2C(=O)Nc2cc(C)cc(C)c2)c1. The molecule has 0 radical (unpaired) electrons. The van der Waals surface area contributed by atoms with Crippen LogP contribution in [0.2, 0.25) is 0 Å². The van der Waals surface area contributed by atoms with Crippen LogP contribution in [0.4, 0.5) is 11.4 Å². The van der Waals surface area contributed by atoms with Gasteiger partial charge in [-0.15, -0.1) is 0 Å². The second-order valence-electron chi connectivity index (χ2n) is 14.3. The number of aryl methyl sites for hydroxylation is 4. The van der Waals surface area contributed by atoms with Crippen LogP contribution in [0.3, 0.4) is 0 Å². The van der Waals surface area contributed by atoms with E-state index in [1.807, 2.05) is 52.0 Å². The summed E-state index contributed by atoms with van der Waals surface area (Å²) in [5, 5.41) is 35.6. The molecule has 2 heterocycles. The predicted octanol–water partition coefficient (Wildman–Crippen LogP) is 6.40.